The number of aliphatic hydroxyl groups is 1. The van der Waals surface area contributed by atoms with E-state index in [1.165, 1.54) is 0 Å². The molecule has 1 aromatic carbocycles. The van der Waals surface area contributed by atoms with Gasteiger partial charge < -0.3 is 25.0 Å². The van der Waals surface area contributed by atoms with Gasteiger partial charge in [-0.15, -0.1) is 24.0 Å². The van der Waals surface area contributed by atoms with Crippen molar-refractivity contribution < 1.29 is 14.4 Å². The van der Waals surface area contributed by atoms with Crippen LogP contribution in [-0.4, -0.2) is 35.4 Å². The lowest BCUT2D eigenvalue weighted by molar-refractivity contribution is 0.180. The summed E-state index contributed by atoms with van der Waals surface area (Å²) in [5, 5.41) is 20.8. The molecule has 162 valence electrons. The maximum Gasteiger partial charge on any atom is 0.191 e. The molecule has 0 bridgehead atoms. The van der Waals surface area contributed by atoms with Gasteiger partial charge in [0.15, 0.2) is 11.7 Å². The second kappa shape index (κ2) is 12.7. The van der Waals surface area contributed by atoms with Crippen molar-refractivity contribution in [1.82, 2.24) is 15.8 Å². The number of ether oxygens (including phenoxy) is 1. The van der Waals surface area contributed by atoms with Crippen LogP contribution in [0.3, 0.4) is 0 Å². The van der Waals surface area contributed by atoms with Crippen LogP contribution in [0.15, 0.2) is 39.8 Å². The van der Waals surface area contributed by atoms with Crippen LogP contribution in [0.1, 0.15) is 63.7 Å². The predicted molar refractivity (Wildman–Crippen MR) is 126 cm³/mol. The number of hydrogen-bond acceptors (Lipinski definition) is 5. The summed E-state index contributed by atoms with van der Waals surface area (Å²) in [7, 11) is 0. The third-order valence-corrected chi connectivity index (χ3v) is 4.01. The van der Waals surface area contributed by atoms with Crippen LogP contribution in [0.2, 0.25) is 0 Å². The van der Waals surface area contributed by atoms with Gasteiger partial charge in [0.05, 0.1) is 17.9 Å². The van der Waals surface area contributed by atoms with Crippen molar-refractivity contribution in [3.8, 4) is 5.75 Å². The minimum Gasteiger partial charge on any atom is -0.491 e. The molecule has 8 heteroatoms. The molecule has 0 saturated carbocycles. The normalized spacial score (nSPS) is 12.6. The first-order chi connectivity index (χ1) is 13.4. The first kappa shape index (κ1) is 25.2. The lowest BCUT2D eigenvalue weighted by Gasteiger charge is -2.16. The second-order valence-electron chi connectivity index (χ2n) is 7.20. The summed E-state index contributed by atoms with van der Waals surface area (Å²) < 4.78 is 10.9. The SMILES string of the molecule is CCNC(=NCc1cc(C(C)C)no1)NCC(O)c1ccc(OC(C)C)cc1.I. The van der Waals surface area contributed by atoms with Crippen LogP contribution in [0, 0.1) is 0 Å². The van der Waals surface area contributed by atoms with Gasteiger partial charge in [-0.3, -0.25) is 0 Å². The van der Waals surface area contributed by atoms with Crippen molar-refractivity contribution >= 4 is 29.9 Å². The van der Waals surface area contributed by atoms with Gasteiger partial charge in [0.1, 0.15) is 12.3 Å². The van der Waals surface area contributed by atoms with Gasteiger partial charge in [0.2, 0.25) is 0 Å². The highest BCUT2D eigenvalue weighted by atomic mass is 127. The molecule has 1 unspecified atom stereocenters. The van der Waals surface area contributed by atoms with Crippen LogP contribution >= 0.6 is 24.0 Å². The molecule has 1 atom stereocenters. The fourth-order valence-electron chi connectivity index (χ4n) is 2.53. The predicted octanol–water partition coefficient (Wildman–Crippen LogP) is 3.99. The Bertz CT molecular complexity index is 745. The van der Waals surface area contributed by atoms with Crippen LogP contribution in [0.25, 0.3) is 0 Å². The van der Waals surface area contributed by atoms with Crippen molar-refractivity contribution in [2.45, 2.75) is 59.3 Å². The topological polar surface area (TPSA) is 91.9 Å². The van der Waals surface area contributed by atoms with Crippen LogP contribution < -0.4 is 15.4 Å². The minimum absolute atomic E-state index is 0. The molecular weight excluding hydrogens is 483 g/mol. The quantitative estimate of drug-likeness (QED) is 0.265. The summed E-state index contributed by atoms with van der Waals surface area (Å²) in [6, 6.07) is 9.40. The summed E-state index contributed by atoms with van der Waals surface area (Å²) in [6.07, 6.45) is -0.535. The molecular formula is C21H33IN4O3. The van der Waals surface area contributed by atoms with Gasteiger partial charge in [0.25, 0.3) is 0 Å². The van der Waals surface area contributed by atoms with Gasteiger partial charge >= 0.3 is 0 Å². The van der Waals surface area contributed by atoms with E-state index in [0.717, 1.165) is 23.6 Å². The van der Waals surface area contributed by atoms with E-state index >= 15 is 0 Å². The molecule has 0 amide bonds. The molecule has 29 heavy (non-hydrogen) atoms. The number of aliphatic imine (C=N–C) groups is 1. The zero-order valence-corrected chi connectivity index (χ0v) is 20.1. The fraction of sp³-hybridized carbons (Fsp3) is 0.524. The molecule has 1 aromatic heterocycles. The van der Waals surface area contributed by atoms with Crippen LogP contribution in [0.5, 0.6) is 5.75 Å². The zero-order valence-electron chi connectivity index (χ0n) is 17.8. The smallest absolute Gasteiger partial charge is 0.191 e. The molecule has 3 N–H and O–H groups in total. The maximum atomic E-state index is 10.4. The monoisotopic (exact) mass is 516 g/mol. The lowest BCUT2D eigenvalue weighted by atomic mass is 10.1. The van der Waals surface area contributed by atoms with Gasteiger partial charge in [-0.1, -0.05) is 31.1 Å². The van der Waals surface area contributed by atoms with Crippen molar-refractivity contribution in [3.05, 3.63) is 47.3 Å². The number of benzene rings is 1. The number of nitrogens with zero attached hydrogens (tertiary/aromatic N) is 2. The van der Waals surface area contributed by atoms with E-state index < -0.39 is 6.10 Å². The van der Waals surface area contributed by atoms with Crippen molar-refractivity contribution in [3.63, 3.8) is 0 Å². The molecule has 0 aliphatic carbocycles. The molecule has 2 aromatic rings. The number of guanidine groups is 1. The summed E-state index contributed by atoms with van der Waals surface area (Å²) in [4.78, 5) is 4.50. The van der Waals surface area contributed by atoms with E-state index in [4.69, 9.17) is 9.26 Å². The van der Waals surface area contributed by atoms with E-state index in [1.54, 1.807) is 0 Å². The summed E-state index contributed by atoms with van der Waals surface area (Å²) in [5.74, 6) is 2.44. The number of nitrogens with one attached hydrogen (secondary N) is 2. The number of aliphatic hydroxyl groups excluding tert-OH is 1. The van der Waals surface area contributed by atoms with Gasteiger partial charge in [-0.05, 0) is 44.4 Å². The van der Waals surface area contributed by atoms with E-state index in [0.29, 0.717) is 30.7 Å². The molecule has 0 radical (unpaired) electrons. The average molecular weight is 516 g/mol. The number of aromatic nitrogens is 1. The number of rotatable bonds is 9. The standard InChI is InChI=1S/C21H32N4O3.HI/c1-6-22-21(23-12-18-11-19(14(2)3)25-28-18)24-13-20(26)16-7-9-17(10-8-16)27-15(4)5;/h7-11,14-15,20,26H,6,12-13H2,1-5H3,(H2,22,23,24);1H. The first-order valence-electron chi connectivity index (χ1n) is 9.81. The van der Waals surface area contributed by atoms with E-state index in [9.17, 15) is 5.11 Å². The minimum atomic E-state index is -0.658. The van der Waals surface area contributed by atoms with Crippen molar-refractivity contribution in [2.75, 3.05) is 13.1 Å². The number of halogens is 1. The molecule has 7 nitrogen and oxygen atoms in total. The highest BCUT2D eigenvalue weighted by molar-refractivity contribution is 14.0. The van der Waals surface area contributed by atoms with Gasteiger partial charge in [-0.2, -0.15) is 0 Å². The Labute approximate surface area is 190 Å². The molecule has 0 spiro atoms. The number of hydrogen-bond donors (Lipinski definition) is 3. The molecule has 1 heterocycles. The third-order valence-electron chi connectivity index (χ3n) is 4.01. The summed E-state index contributed by atoms with van der Waals surface area (Å²) >= 11 is 0. The Kier molecular flexibility index (Phi) is 11.0. The summed E-state index contributed by atoms with van der Waals surface area (Å²) in [6.45, 7) is 11.5. The van der Waals surface area contributed by atoms with Gasteiger partial charge in [-0.25, -0.2) is 4.99 Å². The van der Waals surface area contributed by atoms with E-state index in [-0.39, 0.29) is 30.1 Å². The second-order valence-corrected chi connectivity index (χ2v) is 7.20. The van der Waals surface area contributed by atoms with Gasteiger partial charge in [0, 0.05) is 19.2 Å². The Hall–Kier alpha value is -1.81. The molecule has 0 fully saturated rings. The Morgan fingerprint density at radius 2 is 1.86 bits per heavy atom. The third kappa shape index (κ3) is 8.61. The molecule has 0 aliphatic rings. The highest BCUT2D eigenvalue weighted by Crippen LogP contribution is 2.18. The Morgan fingerprint density at radius 1 is 1.17 bits per heavy atom. The van der Waals surface area contributed by atoms with E-state index in [1.807, 2.05) is 51.1 Å². The molecule has 2 rings (SSSR count). The molecule has 0 saturated heterocycles. The highest BCUT2D eigenvalue weighted by Gasteiger charge is 2.10. The van der Waals surface area contributed by atoms with Crippen LogP contribution in [0.4, 0.5) is 0 Å². The fourth-order valence-corrected chi connectivity index (χ4v) is 2.53. The average Bonchev–Trinajstić information content (AvgIpc) is 3.13. The molecule has 0 aliphatic heterocycles. The maximum absolute atomic E-state index is 10.4. The van der Waals surface area contributed by atoms with Crippen LogP contribution in [-0.2, 0) is 6.54 Å². The zero-order chi connectivity index (χ0) is 20.5. The Balaban J connectivity index is 0.00000420. The lowest BCUT2D eigenvalue weighted by Crippen LogP contribution is -2.39. The largest absolute Gasteiger partial charge is 0.491 e. The van der Waals surface area contributed by atoms with E-state index in [2.05, 4.69) is 34.6 Å². The summed E-state index contributed by atoms with van der Waals surface area (Å²) in [5.41, 5.74) is 1.74. The van der Waals surface area contributed by atoms with Crippen molar-refractivity contribution in [1.29, 1.82) is 0 Å². The first-order valence-corrected chi connectivity index (χ1v) is 9.81. The van der Waals surface area contributed by atoms with Crippen molar-refractivity contribution in [2.24, 2.45) is 4.99 Å². The Morgan fingerprint density at radius 3 is 2.41 bits per heavy atom.